The fraction of sp³-hybridized carbons (Fsp3) is 0.250. The summed E-state index contributed by atoms with van der Waals surface area (Å²) < 4.78 is 0. The number of hydrogen-bond acceptors (Lipinski definition) is 0. The molecule has 0 aliphatic heterocycles. The van der Waals surface area contributed by atoms with Crippen molar-refractivity contribution < 1.29 is 16.5 Å². The molecule has 2 atom stereocenters. The van der Waals surface area contributed by atoms with Crippen LogP contribution >= 0.6 is 18.8 Å². The van der Waals surface area contributed by atoms with Crippen LogP contribution in [-0.2, 0) is 16.5 Å². The summed E-state index contributed by atoms with van der Waals surface area (Å²) in [7, 11) is 9.75. The van der Waals surface area contributed by atoms with Gasteiger partial charge < -0.3 is 11.5 Å². The van der Waals surface area contributed by atoms with Crippen molar-refractivity contribution in [2.45, 2.75) is 25.9 Å². The predicted octanol–water partition coefficient (Wildman–Crippen LogP) is 6.98. The normalized spacial score (nSPS) is 12.3. The van der Waals surface area contributed by atoms with Crippen molar-refractivity contribution in [3.63, 3.8) is 0 Å². The van der Waals surface area contributed by atoms with Gasteiger partial charge in [0.1, 0.15) is 0 Å². The topological polar surface area (TPSA) is 47.6 Å². The second kappa shape index (κ2) is 13.3. The first-order chi connectivity index (χ1) is 10.0. The van der Waals surface area contributed by atoms with Gasteiger partial charge in [0, 0.05) is 0 Å². The van der Waals surface area contributed by atoms with Crippen LogP contribution in [-0.4, -0.2) is 0 Å². The summed E-state index contributed by atoms with van der Waals surface area (Å²) in [4.78, 5) is 0. The van der Waals surface area contributed by atoms with Crippen LogP contribution in [0.5, 0.6) is 0 Å². The molecule has 118 valence electrons. The molecular formula is C16H20Cl2N2Pt. The van der Waals surface area contributed by atoms with E-state index in [1.165, 1.54) is 0 Å². The van der Waals surface area contributed by atoms with Gasteiger partial charge in [-0.2, -0.15) is 0 Å². The zero-order chi connectivity index (χ0) is 16.1. The molecule has 0 amide bonds. The summed E-state index contributed by atoms with van der Waals surface area (Å²) in [6, 6.07) is 19.5. The average molecular weight is 506 g/mol. The number of nitrogens with one attached hydrogen (secondary N) is 2. The Hall–Kier alpha value is -0.372. The van der Waals surface area contributed by atoms with E-state index in [-0.39, 0.29) is 12.1 Å². The van der Waals surface area contributed by atoms with E-state index >= 15 is 0 Å². The third-order valence-corrected chi connectivity index (χ3v) is 2.60. The molecule has 0 aromatic heterocycles. The van der Waals surface area contributed by atoms with Gasteiger partial charge in [-0.05, 0) is 0 Å². The fourth-order valence-electron chi connectivity index (χ4n) is 1.48. The van der Waals surface area contributed by atoms with Crippen molar-refractivity contribution in [1.29, 1.82) is 0 Å². The van der Waals surface area contributed by atoms with Gasteiger partial charge in [0.2, 0.25) is 0 Å². The molecule has 0 spiro atoms. The summed E-state index contributed by atoms with van der Waals surface area (Å²) >= 11 is -0.472. The Morgan fingerprint density at radius 1 is 0.714 bits per heavy atom. The molecule has 21 heavy (non-hydrogen) atoms. The van der Waals surface area contributed by atoms with Gasteiger partial charge in [0.25, 0.3) is 0 Å². The minimum absolute atomic E-state index is 0.0915. The zero-order valence-electron chi connectivity index (χ0n) is 12.0. The van der Waals surface area contributed by atoms with Gasteiger partial charge in [0.05, 0.1) is 0 Å². The quantitative estimate of drug-likeness (QED) is 0.422. The summed E-state index contributed by atoms with van der Waals surface area (Å²) in [6.07, 6.45) is 0. The maximum absolute atomic E-state index is 7.32. The van der Waals surface area contributed by atoms with E-state index in [1.807, 2.05) is 74.5 Å². The molecule has 0 saturated heterocycles. The van der Waals surface area contributed by atoms with Crippen LogP contribution in [0.1, 0.15) is 37.1 Å². The van der Waals surface area contributed by atoms with Crippen molar-refractivity contribution in [2.24, 2.45) is 0 Å². The predicted molar refractivity (Wildman–Crippen MR) is 90.1 cm³/mol. The third-order valence-electron chi connectivity index (χ3n) is 2.60. The summed E-state index contributed by atoms with van der Waals surface area (Å²) in [5, 5.41) is 0. The van der Waals surface area contributed by atoms with Crippen LogP contribution < -0.4 is 0 Å². The molecule has 0 bridgehead atoms. The van der Waals surface area contributed by atoms with E-state index in [2.05, 4.69) is 0 Å². The number of rotatable bonds is 2. The van der Waals surface area contributed by atoms with Crippen LogP contribution in [0.4, 0.5) is 0 Å². The molecule has 0 aliphatic rings. The van der Waals surface area contributed by atoms with E-state index in [0.717, 1.165) is 11.1 Å². The number of hydrogen-bond donors (Lipinski definition) is 0. The number of halogens is 2. The van der Waals surface area contributed by atoms with Crippen LogP contribution in [0.25, 0.3) is 11.5 Å². The van der Waals surface area contributed by atoms with E-state index in [0.29, 0.717) is 0 Å². The average Bonchev–Trinajstić information content (AvgIpc) is 2.50. The molecule has 5 heteroatoms. The monoisotopic (exact) mass is 505 g/mol. The second-order valence-corrected chi connectivity index (χ2v) is 7.59. The van der Waals surface area contributed by atoms with Crippen LogP contribution in [0, 0.1) is 0 Å². The molecule has 0 aliphatic carbocycles. The van der Waals surface area contributed by atoms with E-state index in [1.54, 1.807) is 0 Å². The molecule has 0 heterocycles. The minimum atomic E-state index is -0.472. The van der Waals surface area contributed by atoms with Gasteiger partial charge in [-0.15, -0.1) is 12.1 Å². The van der Waals surface area contributed by atoms with Crippen molar-refractivity contribution in [3.05, 3.63) is 83.3 Å². The Labute approximate surface area is 144 Å². The Bertz CT molecular complexity index is 407. The summed E-state index contributed by atoms with van der Waals surface area (Å²) in [6.45, 7) is 3.74. The number of benzene rings is 2. The Kier molecular flexibility index (Phi) is 13.1. The van der Waals surface area contributed by atoms with Crippen molar-refractivity contribution >= 4 is 18.8 Å². The molecule has 2 nitrogen and oxygen atoms in total. The van der Waals surface area contributed by atoms with Gasteiger partial charge >= 0.3 is 35.3 Å². The third kappa shape index (κ3) is 10.9. The van der Waals surface area contributed by atoms with Gasteiger partial charge in [-0.25, -0.2) is 0 Å². The van der Waals surface area contributed by atoms with Crippen molar-refractivity contribution in [3.8, 4) is 0 Å². The first-order valence-corrected chi connectivity index (χ1v) is 12.0. The zero-order valence-corrected chi connectivity index (χ0v) is 15.8. The molecule has 2 N–H and O–H groups in total. The standard InChI is InChI=1S/2C8H10N.2ClH.Pt/c2*1-7(9)8-5-3-2-4-6-8;;;/h2*2-7,9H,1H3;2*1H;/q2*-1;;;+4/p-2/t2*7-;;;/m00.../s1. The first kappa shape index (κ1) is 20.6. The first-order valence-electron chi connectivity index (χ1n) is 6.37. The van der Waals surface area contributed by atoms with E-state index < -0.39 is 16.5 Å². The molecule has 0 fully saturated rings. The molecule has 2 aromatic carbocycles. The van der Waals surface area contributed by atoms with Crippen LogP contribution in [0.3, 0.4) is 0 Å². The van der Waals surface area contributed by atoms with Crippen LogP contribution in [0.15, 0.2) is 60.7 Å². The molecule has 2 aromatic rings. The van der Waals surface area contributed by atoms with E-state index in [9.17, 15) is 0 Å². The SMILES string of the molecule is C[C@H]([NH-])c1ccccc1.C[C@H]([NH-])c1ccccc1.[Cl][Pt+2][Cl]. The Morgan fingerprint density at radius 2 is 0.952 bits per heavy atom. The van der Waals surface area contributed by atoms with Gasteiger partial charge in [0.15, 0.2) is 0 Å². The van der Waals surface area contributed by atoms with E-state index in [4.69, 9.17) is 30.3 Å². The van der Waals surface area contributed by atoms with Crippen molar-refractivity contribution in [2.75, 3.05) is 0 Å². The summed E-state index contributed by atoms with van der Waals surface area (Å²) in [5.74, 6) is 0. The Morgan fingerprint density at radius 3 is 1.10 bits per heavy atom. The van der Waals surface area contributed by atoms with Gasteiger partial charge in [-0.1, -0.05) is 85.6 Å². The Balaban J connectivity index is 0.000000322. The molecule has 0 unspecified atom stereocenters. The fourth-order valence-corrected chi connectivity index (χ4v) is 1.48. The second-order valence-electron chi connectivity index (χ2n) is 4.31. The van der Waals surface area contributed by atoms with Gasteiger partial charge in [-0.3, -0.25) is 0 Å². The molecule has 0 radical (unpaired) electrons. The molecular weight excluding hydrogens is 486 g/mol. The summed E-state index contributed by atoms with van der Waals surface area (Å²) in [5.41, 5.74) is 16.8. The van der Waals surface area contributed by atoms with Crippen molar-refractivity contribution in [1.82, 2.24) is 0 Å². The van der Waals surface area contributed by atoms with Crippen LogP contribution in [0.2, 0.25) is 0 Å². The molecule has 0 saturated carbocycles. The maximum atomic E-state index is 7.32. The molecule has 2 rings (SSSR count).